The number of hydrogen-bond donors (Lipinski definition) is 1. The van der Waals surface area contributed by atoms with Crippen molar-refractivity contribution in [1.29, 1.82) is 0 Å². The van der Waals surface area contributed by atoms with Gasteiger partial charge in [0.2, 0.25) is 5.88 Å². The number of benzene rings is 1. The summed E-state index contributed by atoms with van der Waals surface area (Å²) < 4.78 is 12.1. The number of pyridine rings is 1. The van der Waals surface area contributed by atoms with Crippen LogP contribution in [0.5, 0.6) is 17.4 Å². The molecule has 144 valence electrons. The van der Waals surface area contributed by atoms with Crippen molar-refractivity contribution in [2.24, 2.45) is 4.99 Å². The van der Waals surface area contributed by atoms with Gasteiger partial charge in [0.1, 0.15) is 5.84 Å². The summed E-state index contributed by atoms with van der Waals surface area (Å²) in [7, 11) is 0. The molecule has 0 spiro atoms. The van der Waals surface area contributed by atoms with Gasteiger partial charge in [0.25, 0.3) is 0 Å². The molecule has 0 aliphatic carbocycles. The first kappa shape index (κ1) is 19.2. The summed E-state index contributed by atoms with van der Waals surface area (Å²) in [5.74, 6) is 2.84. The summed E-state index contributed by atoms with van der Waals surface area (Å²) in [5.41, 5.74) is 0.887. The Morgan fingerprint density at radius 1 is 1.00 bits per heavy atom. The van der Waals surface area contributed by atoms with Crippen LogP contribution in [0.1, 0.15) is 51.5 Å². The number of hydrogen-bond acceptors (Lipinski definition) is 5. The van der Waals surface area contributed by atoms with Crippen LogP contribution in [0.4, 0.5) is 0 Å². The Kier molecular flexibility index (Phi) is 7.08. The number of rotatable bonds is 3. The molecule has 3 rings (SSSR count). The smallest absolute Gasteiger partial charge is 0.230 e. The third-order valence-electron chi connectivity index (χ3n) is 4.74. The largest absolute Gasteiger partial charge is 0.490 e. The number of aromatic nitrogens is 1. The zero-order chi connectivity index (χ0) is 18.9. The first-order chi connectivity index (χ1) is 13.3. The zero-order valence-corrected chi connectivity index (χ0v) is 16.3. The van der Waals surface area contributed by atoms with Crippen molar-refractivity contribution in [2.45, 2.75) is 52.0 Å². The van der Waals surface area contributed by atoms with Crippen LogP contribution in [0.3, 0.4) is 0 Å². The van der Waals surface area contributed by atoms with Gasteiger partial charge >= 0.3 is 0 Å². The minimum absolute atomic E-state index is 0.378. The van der Waals surface area contributed by atoms with Gasteiger partial charge in [-0.05, 0) is 56.4 Å². The van der Waals surface area contributed by atoms with Gasteiger partial charge in [-0.1, -0.05) is 26.0 Å². The van der Waals surface area contributed by atoms with Gasteiger partial charge in [-0.15, -0.1) is 0 Å². The standard InChI is InChI=1S/C22H29N3O2/c1-3-17(4-2)25-21-18-11-10-15-24-22(18)27-20-13-7-6-12-19(20)26-16-9-5-8-14-23-21/h6-7,10-13,15,17H,3-5,8-9,14,16H2,1-2H3,(H,23,25). The highest BCUT2D eigenvalue weighted by Gasteiger charge is 2.17. The lowest BCUT2D eigenvalue weighted by Gasteiger charge is -2.20. The monoisotopic (exact) mass is 367 g/mol. The Balaban J connectivity index is 1.99. The summed E-state index contributed by atoms with van der Waals surface area (Å²) in [5, 5.41) is 3.60. The number of nitrogens with one attached hydrogen (secondary N) is 1. The molecule has 2 aromatic rings. The third kappa shape index (κ3) is 5.22. The average Bonchev–Trinajstić information content (AvgIpc) is 2.72. The van der Waals surface area contributed by atoms with E-state index in [9.17, 15) is 0 Å². The number of aliphatic imine (C=N–C) groups is 1. The van der Waals surface area contributed by atoms with E-state index in [1.54, 1.807) is 6.20 Å². The molecule has 1 aliphatic heterocycles. The molecule has 1 aliphatic rings. The molecular formula is C22H29N3O2. The van der Waals surface area contributed by atoms with Gasteiger partial charge in [-0.2, -0.15) is 0 Å². The highest BCUT2D eigenvalue weighted by molar-refractivity contribution is 6.01. The second kappa shape index (κ2) is 9.95. The van der Waals surface area contributed by atoms with E-state index in [1.807, 2.05) is 36.4 Å². The summed E-state index contributed by atoms with van der Waals surface area (Å²) in [6.07, 6.45) is 6.96. The van der Waals surface area contributed by atoms with Crippen LogP contribution in [-0.4, -0.2) is 30.0 Å². The van der Waals surface area contributed by atoms with Crippen molar-refractivity contribution < 1.29 is 9.47 Å². The van der Waals surface area contributed by atoms with Gasteiger partial charge in [0.15, 0.2) is 11.5 Å². The minimum Gasteiger partial charge on any atom is -0.490 e. The Bertz CT molecular complexity index is 757. The predicted molar refractivity (Wildman–Crippen MR) is 109 cm³/mol. The van der Waals surface area contributed by atoms with Crippen LogP contribution in [0.25, 0.3) is 0 Å². The highest BCUT2D eigenvalue weighted by Crippen LogP contribution is 2.32. The van der Waals surface area contributed by atoms with Crippen LogP contribution in [0, 0.1) is 0 Å². The quantitative estimate of drug-likeness (QED) is 0.833. The molecule has 0 radical (unpaired) electrons. The van der Waals surface area contributed by atoms with Gasteiger partial charge in [-0.3, -0.25) is 4.99 Å². The minimum atomic E-state index is 0.378. The summed E-state index contributed by atoms with van der Waals surface area (Å²) in [6.45, 7) is 5.84. The van der Waals surface area contributed by atoms with E-state index >= 15 is 0 Å². The number of para-hydroxylation sites is 2. The molecule has 0 amide bonds. The van der Waals surface area contributed by atoms with Crippen molar-refractivity contribution in [2.75, 3.05) is 13.2 Å². The fraction of sp³-hybridized carbons (Fsp3) is 0.455. The van der Waals surface area contributed by atoms with Crippen molar-refractivity contribution in [3.05, 3.63) is 48.2 Å². The van der Waals surface area contributed by atoms with Gasteiger partial charge < -0.3 is 14.8 Å². The lowest BCUT2D eigenvalue weighted by Crippen LogP contribution is -2.35. The van der Waals surface area contributed by atoms with Gasteiger partial charge in [0.05, 0.1) is 12.2 Å². The fourth-order valence-corrected chi connectivity index (χ4v) is 3.07. The maximum Gasteiger partial charge on any atom is 0.230 e. The molecular weight excluding hydrogens is 338 g/mol. The van der Waals surface area contributed by atoms with Crippen LogP contribution < -0.4 is 14.8 Å². The second-order valence-electron chi connectivity index (χ2n) is 6.70. The van der Waals surface area contributed by atoms with Crippen molar-refractivity contribution in [3.63, 3.8) is 0 Å². The van der Waals surface area contributed by atoms with E-state index in [1.165, 1.54) is 0 Å². The lowest BCUT2D eigenvalue weighted by atomic mass is 10.1. The second-order valence-corrected chi connectivity index (χ2v) is 6.70. The summed E-state index contributed by atoms with van der Waals surface area (Å²) >= 11 is 0. The number of amidine groups is 1. The van der Waals surface area contributed by atoms with E-state index < -0.39 is 0 Å². The molecule has 0 saturated heterocycles. The normalized spacial score (nSPS) is 15.0. The third-order valence-corrected chi connectivity index (χ3v) is 4.74. The van der Waals surface area contributed by atoms with Crippen molar-refractivity contribution in [3.8, 4) is 17.4 Å². The lowest BCUT2D eigenvalue weighted by molar-refractivity contribution is 0.291. The first-order valence-corrected chi connectivity index (χ1v) is 9.97. The van der Waals surface area contributed by atoms with Gasteiger partial charge in [-0.25, -0.2) is 4.98 Å². The molecule has 1 aromatic heterocycles. The Morgan fingerprint density at radius 3 is 2.63 bits per heavy atom. The average molecular weight is 367 g/mol. The van der Waals surface area contributed by atoms with E-state index in [4.69, 9.17) is 14.5 Å². The molecule has 1 N–H and O–H groups in total. The van der Waals surface area contributed by atoms with E-state index in [0.29, 0.717) is 24.3 Å². The van der Waals surface area contributed by atoms with E-state index in [2.05, 4.69) is 24.1 Å². The highest BCUT2D eigenvalue weighted by atomic mass is 16.5. The molecule has 0 bridgehead atoms. The Hall–Kier alpha value is -2.56. The van der Waals surface area contributed by atoms with Crippen molar-refractivity contribution >= 4 is 5.84 Å². The van der Waals surface area contributed by atoms with Crippen LogP contribution >= 0.6 is 0 Å². The number of fused-ring (bicyclic) bond motifs is 2. The van der Waals surface area contributed by atoms with E-state index in [-0.39, 0.29) is 0 Å². The fourth-order valence-electron chi connectivity index (χ4n) is 3.07. The molecule has 2 heterocycles. The molecule has 27 heavy (non-hydrogen) atoms. The van der Waals surface area contributed by atoms with E-state index in [0.717, 1.165) is 55.8 Å². The van der Waals surface area contributed by atoms with Gasteiger partial charge in [0, 0.05) is 18.8 Å². The molecule has 0 saturated carbocycles. The molecule has 0 atom stereocenters. The number of nitrogens with zero attached hydrogens (tertiary/aromatic N) is 2. The predicted octanol–water partition coefficient (Wildman–Crippen LogP) is 4.96. The van der Waals surface area contributed by atoms with Crippen LogP contribution in [-0.2, 0) is 0 Å². The Morgan fingerprint density at radius 2 is 1.81 bits per heavy atom. The SMILES string of the molecule is CCC(CC)NC1=NCCCCCOc2ccccc2Oc2ncccc21. The summed E-state index contributed by atoms with van der Waals surface area (Å²) in [6, 6.07) is 12.1. The maximum absolute atomic E-state index is 6.18. The molecule has 5 nitrogen and oxygen atoms in total. The zero-order valence-electron chi connectivity index (χ0n) is 16.3. The summed E-state index contributed by atoms with van der Waals surface area (Å²) in [4.78, 5) is 9.35. The topological polar surface area (TPSA) is 55.7 Å². The molecule has 5 heteroatoms. The molecule has 0 fully saturated rings. The molecule has 0 unspecified atom stereocenters. The van der Waals surface area contributed by atoms with Crippen LogP contribution in [0.15, 0.2) is 47.6 Å². The van der Waals surface area contributed by atoms with Crippen molar-refractivity contribution in [1.82, 2.24) is 10.3 Å². The Labute approximate surface area is 161 Å². The molecule has 1 aromatic carbocycles. The first-order valence-electron chi connectivity index (χ1n) is 9.97. The number of ether oxygens (including phenoxy) is 2. The van der Waals surface area contributed by atoms with Crippen LogP contribution in [0.2, 0.25) is 0 Å². The maximum atomic E-state index is 6.18.